The maximum Gasteiger partial charge on any atom is 0.150 e. The second-order valence-electron chi connectivity index (χ2n) is 4.33. The lowest BCUT2D eigenvalue weighted by Crippen LogP contribution is -2.37. The first-order valence-corrected chi connectivity index (χ1v) is 6.74. The van der Waals surface area contributed by atoms with E-state index in [0.29, 0.717) is 18.3 Å². The van der Waals surface area contributed by atoms with Gasteiger partial charge in [-0.1, -0.05) is 6.92 Å². The molecule has 18 heavy (non-hydrogen) atoms. The fourth-order valence-electron chi connectivity index (χ4n) is 2.04. The summed E-state index contributed by atoms with van der Waals surface area (Å²) in [7, 11) is 0. The lowest BCUT2D eigenvalue weighted by Gasteiger charge is -2.32. The number of nitrogen functional groups attached to an aromatic ring is 1. The van der Waals surface area contributed by atoms with E-state index in [9.17, 15) is 8.78 Å². The van der Waals surface area contributed by atoms with Gasteiger partial charge in [0, 0.05) is 29.7 Å². The maximum absolute atomic E-state index is 13.9. The normalized spacial score (nSPS) is 19.9. The summed E-state index contributed by atoms with van der Waals surface area (Å²) in [6.45, 7) is 3.29. The van der Waals surface area contributed by atoms with Gasteiger partial charge in [0.15, 0.2) is 0 Å². The molecule has 0 radical (unpaired) electrons. The molecule has 1 fully saturated rings. The van der Waals surface area contributed by atoms with E-state index in [1.54, 1.807) is 16.7 Å². The molecule has 3 N–H and O–H groups in total. The second kappa shape index (κ2) is 5.14. The van der Waals surface area contributed by atoms with Gasteiger partial charge in [-0.25, -0.2) is 8.78 Å². The minimum absolute atomic E-state index is 0.00727. The molecular formula is C12H15F2N3S. The van der Waals surface area contributed by atoms with E-state index in [0.717, 1.165) is 17.9 Å². The maximum atomic E-state index is 13.9. The summed E-state index contributed by atoms with van der Waals surface area (Å²) in [6.07, 6.45) is 0. The molecule has 0 saturated carbocycles. The number of amidine groups is 1. The van der Waals surface area contributed by atoms with Gasteiger partial charge in [-0.3, -0.25) is 5.41 Å². The average Bonchev–Trinajstić information content (AvgIpc) is 2.27. The number of halogens is 2. The van der Waals surface area contributed by atoms with Crippen LogP contribution in [0.15, 0.2) is 12.1 Å². The first-order valence-electron chi connectivity index (χ1n) is 5.69. The summed E-state index contributed by atoms with van der Waals surface area (Å²) in [5.74, 6) is -0.783. The molecule has 1 aliphatic rings. The van der Waals surface area contributed by atoms with Crippen molar-refractivity contribution >= 4 is 23.3 Å². The summed E-state index contributed by atoms with van der Waals surface area (Å²) in [6, 6.07) is 2.24. The topological polar surface area (TPSA) is 53.1 Å². The predicted octanol–water partition coefficient (Wildman–Crippen LogP) is 2.19. The fraction of sp³-hybridized carbons (Fsp3) is 0.417. The number of nitrogens with two attached hydrogens (primary N) is 1. The molecule has 1 saturated heterocycles. The Morgan fingerprint density at radius 1 is 1.44 bits per heavy atom. The quantitative estimate of drug-likeness (QED) is 0.640. The molecule has 1 aromatic carbocycles. The van der Waals surface area contributed by atoms with E-state index < -0.39 is 11.6 Å². The second-order valence-corrected chi connectivity index (χ2v) is 5.88. The number of anilines is 1. The van der Waals surface area contributed by atoms with Crippen LogP contribution < -0.4 is 10.6 Å². The van der Waals surface area contributed by atoms with E-state index in [1.165, 1.54) is 0 Å². The number of rotatable bonds is 2. The first-order chi connectivity index (χ1) is 8.49. The molecular weight excluding hydrogens is 256 g/mol. The van der Waals surface area contributed by atoms with Crippen molar-refractivity contribution in [1.82, 2.24) is 0 Å². The Bertz CT molecular complexity index is 455. The Hall–Kier alpha value is -1.30. The number of thioether (sulfide) groups is 1. The SMILES string of the molecule is CC1CN(c2c(F)cc(C(=N)N)cc2F)CCS1. The molecule has 1 aliphatic heterocycles. The van der Waals surface area contributed by atoms with Gasteiger partial charge >= 0.3 is 0 Å². The minimum Gasteiger partial charge on any atom is -0.384 e. The summed E-state index contributed by atoms with van der Waals surface area (Å²) < 4.78 is 27.9. The highest BCUT2D eigenvalue weighted by molar-refractivity contribution is 8.00. The summed E-state index contributed by atoms with van der Waals surface area (Å²) >= 11 is 1.80. The number of nitrogens with zero attached hydrogens (tertiary/aromatic N) is 1. The summed E-state index contributed by atoms with van der Waals surface area (Å²) in [5.41, 5.74) is 5.30. The molecule has 1 aromatic rings. The van der Waals surface area contributed by atoms with E-state index in [-0.39, 0.29) is 17.1 Å². The van der Waals surface area contributed by atoms with E-state index >= 15 is 0 Å². The van der Waals surface area contributed by atoms with E-state index in [2.05, 4.69) is 0 Å². The molecule has 98 valence electrons. The van der Waals surface area contributed by atoms with Crippen molar-refractivity contribution in [3.05, 3.63) is 29.3 Å². The third-order valence-corrected chi connectivity index (χ3v) is 4.02. The molecule has 6 heteroatoms. The monoisotopic (exact) mass is 271 g/mol. The van der Waals surface area contributed by atoms with Crippen molar-refractivity contribution < 1.29 is 8.78 Å². The molecule has 2 rings (SSSR count). The third-order valence-electron chi connectivity index (χ3n) is 2.89. The molecule has 0 amide bonds. The Labute approximate surface area is 109 Å². The van der Waals surface area contributed by atoms with Crippen LogP contribution in [0.3, 0.4) is 0 Å². The highest BCUT2D eigenvalue weighted by Gasteiger charge is 2.23. The zero-order valence-corrected chi connectivity index (χ0v) is 10.9. The number of benzene rings is 1. The predicted molar refractivity (Wildman–Crippen MR) is 71.5 cm³/mol. The van der Waals surface area contributed by atoms with Crippen molar-refractivity contribution in [2.24, 2.45) is 5.73 Å². The molecule has 1 heterocycles. The summed E-state index contributed by atoms with van der Waals surface area (Å²) in [4.78, 5) is 1.72. The van der Waals surface area contributed by atoms with Crippen LogP contribution in [-0.4, -0.2) is 29.9 Å². The van der Waals surface area contributed by atoms with E-state index in [1.807, 2.05) is 6.92 Å². The molecule has 0 aromatic heterocycles. The molecule has 0 aliphatic carbocycles. The van der Waals surface area contributed by atoms with Crippen LogP contribution in [0, 0.1) is 17.0 Å². The lowest BCUT2D eigenvalue weighted by molar-refractivity contribution is 0.570. The van der Waals surface area contributed by atoms with Gasteiger partial charge in [0.25, 0.3) is 0 Å². The number of nitrogens with one attached hydrogen (secondary N) is 1. The van der Waals surface area contributed by atoms with Crippen LogP contribution in [0.5, 0.6) is 0 Å². The van der Waals surface area contributed by atoms with E-state index in [4.69, 9.17) is 11.1 Å². The molecule has 0 spiro atoms. The van der Waals surface area contributed by atoms with Gasteiger partial charge in [0.05, 0.1) is 0 Å². The summed E-state index contributed by atoms with van der Waals surface area (Å²) in [5, 5.41) is 7.56. The van der Waals surface area contributed by atoms with Gasteiger partial charge in [-0.05, 0) is 12.1 Å². The van der Waals surface area contributed by atoms with Crippen LogP contribution in [-0.2, 0) is 0 Å². The van der Waals surface area contributed by atoms with Crippen molar-refractivity contribution in [2.75, 3.05) is 23.7 Å². The Kier molecular flexibility index (Phi) is 3.75. The van der Waals surface area contributed by atoms with Crippen molar-refractivity contribution in [1.29, 1.82) is 5.41 Å². The highest BCUT2D eigenvalue weighted by atomic mass is 32.2. The highest BCUT2D eigenvalue weighted by Crippen LogP contribution is 2.29. The van der Waals surface area contributed by atoms with Crippen molar-refractivity contribution in [3.63, 3.8) is 0 Å². The van der Waals surface area contributed by atoms with Gasteiger partial charge in [0.1, 0.15) is 23.2 Å². The zero-order chi connectivity index (χ0) is 13.3. The van der Waals surface area contributed by atoms with Crippen LogP contribution in [0.2, 0.25) is 0 Å². The molecule has 3 nitrogen and oxygen atoms in total. The largest absolute Gasteiger partial charge is 0.384 e. The number of hydrogen-bond donors (Lipinski definition) is 2. The first kappa shape index (κ1) is 13.1. The van der Waals surface area contributed by atoms with Crippen LogP contribution >= 0.6 is 11.8 Å². The van der Waals surface area contributed by atoms with Crippen molar-refractivity contribution in [3.8, 4) is 0 Å². The van der Waals surface area contributed by atoms with Crippen LogP contribution in [0.25, 0.3) is 0 Å². The Morgan fingerprint density at radius 2 is 2.06 bits per heavy atom. The lowest BCUT2D eigenvalue weighted by atomic mass is 10.1. The zero-order valence-electron chi connectivity index (χ0n) is 10.0. The average molecular weight is 271 g/mol. The van der Waals surface area contributed by atoms with Gasteiger partial charge < -0.3 is 10.6 Å². The molecule has 1 unspecified atom stereocenters. The minimum atomic E-state index is -0.653. The standard InChI is InChI=1S/C12H15F2N3S/c1-7-6-17(2-3-18-7)11-9(13)4-8(12(15)16)5-10(11)14/h4-5,7H,2-3,6H2,1H3,(H3,15,16). The third kappa shape index (κ3) is 2.58. The number of hydrogen-bond acceptors (Lipinski definition) is 3. The molecule has 1 atom stereocenters. The Morgan fingerprint density at radius 3 is 2.56 bits per heavy atom. The van der Waals surface area contributed by atoms with Crippen molar-refractivity contribution in [2.45, 2.75) is 12.2 Å². The van der Waals surface area contributed by atoms with Crippen LogP contribution in [0.4, 0.5) is 14.5 Å². The van der Waals surface area contributed by atoms with Gasteiger partial charge in [-0.2, -0.15) is 11.8 Å². The van der Waals surface area contributed by atoms with Gasteiger partial charge in [0.2, 0.25) is 0 Å². The fourth-order valence-corrected chi connectivity index (χ4v) is 3.06. The Balaban J connectivity index is 2.36. The van der Waals surface area contributed by atoms with Gasteiger partial charge in [-0.15, -0.1) is 0 Å². The smallest absolute Gasteiger partial charge is 0.150 e. The van der Waals surface area contributed by atoms with Crippen LogP contribution in [0.1, 0.15) is 12.5 Å². The molecule has 0 bridgehead atoms.